The molecule has 0 aromatic heterocycles. The molecule has 0 aliphatic carbocycles. The number of carbonyl (C=O) groups is 1. The van der Waals surface area contributed by atoms with Gasteiger partial charge in [-0.1, -0.05) is 42.5 Å². The van der Waals surface area contributed by atoms with Crippen molar-refractivity contribution in [2.75, 3.05) is 13.1 Å². The van der Waals surface area contributed by atoms with Gasteiger partial charge in [0, 0.05) is 13.0 Å². The van der Waals surface area contributed by atoms with Crippen molar-refractivity contribution in [2.45, 2.75) is 38.8 Å². The van der Waals surface area contributed by atoms with Crippen molar-refractivity contribution in [1.29, 1.82) is 0 Å². The van der Waals surface area contributed by atoms with Crippen LogP contribution in [-0.2, 0) is 11.3 Å². The monoisotopic (exact) mass is 354 g/mol. The first-order valence-corrected chi connectivity index (χ1v) is 9.41. The second-order valence-corrected chi connectivity index (χ2v) is 7.25. The van der Waals surface area contributed by atoms with Gasteiger partial charge in [-0.3, -0.25) is 9.69 Å². The standard InChI is InChI=1S/C22H27FN2O/c1-17(20-5-3-2-4-6-20)24-22(26)15-18-11-13-25(14-12-18)16-19-7-9-21(23)10-8-19/h2-10,17-18H,11-16H2,1H3,(H,24,26)/t17-/m1/s1. The highest BCUT2D eigenvalue weighted by Gasteiger charge is 2.22. The van der Waals surface area contributed by atoms with E-state index < -0.39 is 0 Å². The van der Waals surface area contributed by atoms with Crippen LogP contribution in [0.15, 0.2) is 54.6 Å². The van der Waals surface area contributed by atoms with Crippen LogP contribution in [0.3, 0.4) is 0 Å². The molecule has 1 amide bonds. The molecular weight excluding hydrogens is 327 g/mol. The number of piperidine rings is 1. The van der Waals surface area contributed by atoms with Crippen molar-refractivity contribution < 1.29 is 9.18 Å². The molecule has 4 heteroatoms. The molecule has 0 radical (unpaired) electrons. The van der Waals surface area contributed by atoms with Gasteiger partial charge in [0.25, 0.3) is 0 Å². The topological polar surface area (TPSA) is 32.3 Å². The van der Waals surface area contributed by atoms with E-state index in [0.717, 1.165) is 43.6 Å². The zero-order chi connectivity index (χ0) is 18.4. The van der Waals surface area contributed by atoms with Crippen LogP contribution in [0.4, 0.5) is 4.39 Å². The number of nitrogens with zero attached hydrogens (tertiary/aromatic N) is 1. The van der Waals surface area contributed by atoms with Gasteiger partial charge in [0.05, 0.1) is 6.04 Å². The average Bonchev–Trinajstić information content (AvgIpc) is 2.66. The van der Waals surface area contributed by atoms with Crippen LogP contribution in [0.5, 0.6) is 0 Å². The summed E-state index contributed by atoms with van der Waals surface area (Å²) in [7, 11) is 0. The second-order valence-electron chi connectivity index (χ2n) is 7.25. The van der Waals surface area contributed by atoms with Crippen LogP contribution < -0.4 is 5.32 Å². The van der Waals surface area contributed by atoms with E-state index in [-0.39, 0.29) is 17.8 Å². The minimum Gasteiger partial charge on any atom is -0.350 e. The number of amides is 1. The van der Waals surface area contributed by atoms with Crippen LogP contribution >= 0.6 is 0 Å². The molecule has 26 heavy (non-hydrogen) atoms. The quantitative estimate of drug-likeness (QED) is 0.839. The Hall–Kier alpha value is -2.20. The number of hydrogen-bond donors (Lipinski definition) is 1. The van der Waals surface area contributed by atoms with E-state index in [0.29, 0.717) is 12.3 Å². The summed E-state index contributed by atoms with van der Waals surface area (Å²) in [5.41, 5.74) is 2.27. The molecule has 1 saturated heterocycles. The van der Waals surface area contributed by atoms with E-state index in [2.05, 4.69) is 10.2 Å². The van der Waals surface area contributed by atoms with Crippen molar-refractivity contribution in [3.8, 4) is 0 Å². The predicted molar refractivity (Wildman–Crippen MR) is 102 cm³/mol. The lowest BCUT2D eigenvalue weighted by Gasteiger charge is -2.32. The molecule has 0 bridgehead atoms. The first-order valence-electron chi connectivity index (χ1n) is 9.41. The van der Waals surface area contributed by atoms with Gasteiger partial charge in [0.15, 0.2) is 0 Å². The van der Waals surface area contributed by atoms with Gasteiger partial charge in [-0.2, -0.15) is 0 Å². The van der Waals surface area contributed by atoms with Crippen molar-refractivity contribution in [3.05, 3.63) is 71.5 Å². The lowest BCUT2D eigenvalue weighted by Crippen LogP contribution is -2.36. The first-order chi connectivity index (χ1) is 12.6. The van der Waals surface area contributed by atoms with Crippen molar-refractivity contribution in [1.82, 2.24) is 10.2 Å². The van der Waals surface area contributed by atoms with Crippen molar-refractivity contribution in [3.63, 3.8) is 0 Å². The number of rotatable bonds is 6. The maximum absolute atomic E-state index is 13.0. The van der Waals surface area contributed by atoms with Crippen LogP contribution in [-0.4, -0.2) is 23.9 Å². The molecule has 2 aromatic rings. The molecule has 0 saturated carbocycles. The first kappa shape index (κ1) is 18.6. The summed E-state index contributed by atoms with van der Waals surface area (Å²) in [6, 6.07) is 16.8. The van der Waals surface area contributed by atoms with Crippen LogP contribution in [0.2, 0.25) is 0 Å². The molecule has 1 heterocycles. The molecule has 1 N–H and O–H groups in total. The normalized spacial score (nSPS) is 17.0. The summed E-state index contributed by atoms with van der Waals surface area (Å²) < 4.78 is 13.0. The van der Waals surface area contributed by atoms with Crippen LogP contribution in [0, 0.1) is 11.7 Å². The van der Waals surface area contributed by atoms with E-state index >= 15 is 0 Å². The van der Waals surface area contributed by atoms with Crippen LogP contribution in [0.25, 0.3) is 0 Å². The molecule has 1 aliphatic rings. The Morgan fingerprint density at radius 3 is 2.42 bits per heavy atom. The molecule has 0 unspecified atom stereocenters. The number of carbonyl (C=O) groups excluding carboxylic acids is 1. The second kappa shape index (κ2) is 8.95. The smallest absolute Gasteiger partial charge is 0.220 e. The van der Waals surface area contributed by atoms with Gasteiger partial charge in [0.2, 0.25) is 5.91 Å². The molecular formula is C22H27FN2O. The Bertz CT molecular complexity index is 694. The molecule has 138 valence electrons. The molecule has 1 fully saturated rings. The lowest BCUT2D eigenvalue weighted by molar-refractivity contribution is -0.123. The summed E-state index contributed by atoms with van der Waals surface area (Å²) in [5.74, 6) is 0.393. The van der Waals surface area contributed by atoms with Gasteiger partial charge in [-0.15, -0.1) is 0 Å². The summed E-state index contributed by atoms with van der Waals surface area (Å²) in [4.78, 5) is 14.7. The average molecular weight is 354 g/mol. The van der Waals surface area contributed by atoms with Gasteiger partial charge in [0.1, 0.15) is 5.82 Å². The minimum atomic E-state index is -0.191. The summed E-state index contributed by atoms with van der Waals surface area (Å²) >= 11 is 0. The van der Waals surface area contributed by atoms with Gasteiger partial charge >= 0.3 is 0 Å². The molecule has 0 spiro atoms. The summed E-state index contributed by atoms with van der Waals surface area (Å²) in [6.45, 7) is 4.86. The maximum Gasteiger partial charge on any atom is 0.220 e. The van der Waals surface area contributed by atoms with Gasteiger partial charge in [-0.25, -0.2) is 4.39 Å². The number of nitrogens with one attached hydrogen (secondary N) is 1. The van der Waals surface area contributed by atoms with E-state index in [1.165, 1.54) is 12.1 Å². The zero-order valence-corrected chi connectivity index (χ0v) is 15.3. The molecule has 3 nitrogen and oxygen atoms in total. The van der Waals surface area contributed by atoms with Crippen molar-refractivity contribution >= 4 is 5.91 Å². The highest BCUT2D eigenvalue weighted by atomic mass is 19.1. The Balaban J connectivity index is 1.40. The number of halogens is 1. The minimum absolute atomic E-state index is 0.0438. The third kappa shape index (κ3) is 5.40. The fourth-order valence-corrected chi connectivity index (χ4v) is 3.58. The Labute approximate surface area is 155 Å². The third-order valence-corrected chi connectivity index (χ3v) is 5.18. The van der Waals surface area contributed by atoms with Crippen molar-refractivity contribution in [2.24, 2.45) is 5.92 Å². The van der Waals surface area contributed by atoms with Gasteiger partial charge in [-0.05, 0) is 62.0 Å². The SMILES string of the molecule is C[C@@H](NC(=O)CC1CCN(Cc2ccc(F)cc2)CC1)c1ccccc1. The number of hydrogen-bond acceptors (Lipinski definition) is 2. The molecule has 1 aliphatic heterocycles. The fourth-order valence-electron chi connectivity index (χ4n) is 3.58. The number of benzene rings is 2. The zero-order valence-electron chi connectivity index (χ0n) is 15.3. The maximum atomic E-state index is 13.0. The largest absolute Gasteiger partial charge is 0.350 e. The summed E-state index contributed by atoms with van der Waals surface area (Å²) in [5, 5.41) is 3.11. The van der Waals surface area contributed by atoms with E-state index in [9.17, 15) is 9.18 Å². The Kier molecular flexibility index (Phi) is 6.40. The highest BCUT2D eigenvalue weighted by Crippen LogP contribution is 2.22. The third-order valence-electron chi connectivity index (χ3n) is 5.18. The van der Waals surface area contributed by atoms with E-state index in [1.54, 1.807) is 0 Å². The fraction of sp³-hybridized carbons (Fsp3) is 0.409. The molecule has 3 rings (SSSR count). The highest BCUT2D eigenvalue weighted by molar-refractivity contribution is 5.76. The van der Waals surface area contributed by atoms with Crippen LogP contribution in [0.1, 0.15) is 43.4 Å². The molecule has 2 aromatic carbocycles. The van der Waals surface area contributed by atoms with E-state index in [4.69, 9.17) is 0 Å². The molecule has 1 atom stereocenters. The van der Waals surface area contributed by atoms with E-state index in [1.807, 2.05) is 49.4 Å². The number of likely N-dealkylation sites (tertiary alicyclic amines) is 1. The Morgan fingerprint density at radius 2 is 1.77 bits per heavy atom. The lowest BCUT2D eigenvalue weighted by atomic mass is 9.92. The van der Waals surface area contributed by atoms with Gasteiger partial charge < -0.3 is 5.32 Å². The Morgan fingerprint density at radius 1 is 1.12 bits per heavy atom. The summed E-state index contributed by atoms with van der Waals surface area (Å²) in [6.07, 6.45) is 2.67. The predicted octanol–water partition coefficient (Wildman–Crippen LogP) is 4.31.